The quantitative estimate of drug-likeness (QED) is 0.826. The Morgan fingerprint density at radius 1 is 1.37 bits per heavy atom. The molecule has 1 saturated carbocycles. The summed E-state index contributed by atoms with van der Waals surface area (Å²) in [5.41, 5.74) is 6.91. The SMILES string of the molecule is CCCOc1ncnc(NCC2(C)CCCC2)c1N. The number of ether oxygens (including phenoxy) is 1. The van der Waals surface area contributed by atoms with Crippen LogP contribution < -0.4 is 15.8 Å². The van der Waals surface area contributed by atoms with Crippen LogP contribution in [0.5, 0.6) is 5.88 Å². The number of aromatic nitrogens is 2. The lowest BCUT2D eigenvalue weighted by atomic mass is 9.89. The summed E-state index contributed by atoms with van der Waals surface area (Å²) in [5, 5.41) is 3.36. The smallest absolute Gasteiger partial charge is 0.242 e. The van der Waals surface area contributed by atoms with Gasteiger partial charge in [0.2, 0.25) is 5.88 Å². The molecular weight excluding hydrogens is 240 g/mol. The molecule has 0 atom stereocenters. The molecule has 0 spiro atoms. The highest BCUT2D eigenvalue weighted by Crippen LogP contribution is 2.38. The molecule has 1 aliphatic rings. The minimum absolute atomic E-state index is 0.363. The second kappa shape index (κ2) is 6.08. The topological polar surface area (TPSA) is 73.1 Å². The Morgan fingerprint density at radius 2 is 2.11 bits per heavy atom. The van der Waals surface area contributed by atoms with Crippen molar-refractivity contribution in [2.24, 2.45) is 5.41 Å². The Balaban J connectivity index is 1.99. The maximum atomic E-state index is 6.04. The van der Waals surface area contributed by atoms with Gasteiger partial charge >= 0.3 is 0 Å². The van der Waals surface area contributed by atoms with E-state index in [0.717, 1.165) is 13.0 Å². The van der Waals surface area contributed by atoms with Gasteiger partial charge in [0.15, 0.2) is 5.82 Å². The highest BCUT2D eigenvalue weighted by atomic mass is 16.5. The number of rotatable bonds is 6. The second-order valence-corrected chi connectivity index (χ2v) is 5.66. The predicted molar refractivity (Wildman–Crippen MR) is 77.3 cm³/mol. The van der Waals surface area contributed by atoms with E-state index < -0.39 is 0 Å². The molecule has 0 bridgehead atoms. The first kappa shape index (κ1) is 13.9. The zero-order valence-corrected chi connectivity index (χ0v) is 11.9. The van der Waals surface area contributed by atoms with Crippen molar-refractivity contribution in [3.05, 3.63) is 6.33 Å². The monoisotopic (exact) mass is 264 g/mol. The van der Waals surface area contributed by atoms with Crippen molar-refractivity contribution >= 4 is 11.5 Å². The van der Waals surface area contributed by atoms with E-state index in [4.69, 9.17) is 10.5 Å². The average molecular weight is 264 g/mol. The van der Waals surface area contributed by atoms with Gasteiger partial charge in [-0.1, -0.05) is 26.7 Å². The lowest BCUT2D eigenvalue weighted by molar-refractivity contribution is 0.306. The normalized spacial score (nSPS) is 17.4. The summed E-state index contributed by atoms with van der Waals surface area (Å²) < 4.78 is 5.51. The molecule has 1 aromatic heterocycles. The molecule has 5 heteroatoms. The van der Waals surface area contributed by atoms with Gasteiger partial charge in [-0.05, 0) is 24.7 Å². The number of anilines is 2. The molecule has 5 nitrogen and oxygen atoms in total. The molecule has 0 amide bonds. The fraction of sp³-hybridized carbons (Fsp3) is 0.714. The van der Waals surface area contributed by atoms with Gasteiger partial charge in [0, 0.05) is 6.54 Å². The van der Waals surface area contributed by atoms with E-state index >= 15 is 0 Å². The van der Waals surface area contributed by atoms with Gasteiger partial charge < -0.3 is 15.8 Å². The molecule has 3 N–H and O–H groups in total. The third-order valence-electron chi connectivity index (χ3n) is 3.78. The standard InChI is InChI=1S/C14H24N4O/c1-3-8-19-13-11(15)12(17-10-18-13)16-9-14(2)6-4-5-7-14/h10H,3-9,15H2,1-2H3,(H,16,17,18). The van der Waals surface area contributed by atoms with Gasteiger partial charge in [0.05, 0.1) is 6.61 Å². The van der Waals surface area contributed by atoms with E-state index in [1.807, 2.05) is 0 Å². The van der Waals surface area contributed by atoms with Crippen molar-refractivity contribution in [1.82, 2.24) is 9.97 Å². The molecule has 106 valence electrons. The molecule has 1 aliphatic carbocycles. The van der Waals surface area contributed by atoms with Crippen molar-refractivity contribution in [2.75, 3.05) is 24.2 Å². The fourth-order valence-electron chi connectivity index (χ4n) is 2.54. The van der Waals surface area contributed by atoms with Crippen LogP contribution in [0.2, 0.25) is 0 Å². The molecule has 0 radical (unpaired) electrons. The van der Waals surface area contributed by atoms with Crippen molar-refractivity contribution in [2.45, 2.75) is 46.0 Å². The summed E-state index contributed by atoms with van der Waals surface area (Å²) in [7, 11) is 0. The maximum Gasteiger partial charge on any atom is 0.242 e. The Hall–Kier alpha value is -1.52. The summed E-state index contributed by atoms with van der Waals surface area (Å²) in [4.78, 5) is 8.29. The lowest BCUT2D eigenvalue weighted by Gasteiger charge is -2.24. The molecule has 1 aromatic rings. The number of nitrogens with one attached hydrogen (secondary N) is 1. The lowest BCUT2D eigenvalue weighted by Crippen LogP contribution is -2.24. The van der Waals surface area contributed by atoms with Crippen LogP contribution in [0.15, 0.2) is 6.33 Å². The van der Waals surface area contributed by atoms with Crippen molar-refractivity contribution in [1.29, 1.82) is 0 Å². The van der Waals surface area contributed by atoms with Crippen LogP contribution >= 0.6 is 0 Å². The van der Waals surface area contributed by atoms with Gasteiger partial charge in [-0.3, -0.25) is 0 Å². The third-order valence-corrected chi connectivity index (χ3v) is 3.78. The molecular formula is C14H24N4O. The minimum Gasteiger partial charge on any atom is -0.476 e. The van der Waals surface area contributed by atoms with E-state index in [-0.39, 0.29) is 0 Å². The van der Waals surface area contributed by atoms with E-state index in [2.05, 4.69) is 29.1 Å². The molecule has 2 rings (SSSR count). The highest BCUT2D eigenvalue weighted by Gasteiger charge is 2.28. The summed E-state index contributed by atoms with van der Waals surface area (Å²) in [5.74, 6) is 1.17. The zero-order chi connectivity index (χ0) is 13.7. The minimum atomic E-state index is 0.363. The summed E-state index contributed by atoms with van der Waals surface area (Å²) in [6.07, 6.45) is 7.61. The first-order chi connectivity index (χ1) is 9.14. The van der Waals surface area contributed by atoms with E-state index in [0.29, 0.717) is 29.4 Å². The first-order valence-electron chi connectivity index (χ1n) is 7.12. The summed E-state index contributed by atoms with van der Waals surface area (Å²) in [6.45, 7) is 5.90. The number of hydrogen-bond donors (Lipinski definition) is 2. The van der Waals surface area contributed by atoms with Gasteiger partial charge in [0.1, 0.15) is 12.0 Å². The molecule has 1 heterocycles. The van der Waals surface area contributed by atoms with Gasteiger partial charge in [0.25, 0.3) is 0 Å². The Labute approximate surface area is 115 Å². The van der Waals surface area contributed by atoms with Gasteiger partial charge in [-0.25, -0.2) is 4.98 Å². The zero-order valence-electron chi connectivity index (χ0n) is 11.9. The number of hydrogen-bond acceptors (Lipinski definition) is 5. The van der Waals surface area contributed by atoms with Crippen LogP contribution in [-0.4, -0.2) is 23.1 Å². The maximum absolute atomic E-state index is 6.04. The van der Waals surface area contributed by atoms with Crippen molar-refractivity contribution < 1.29 is 4.74 Å². The van der Waals surface area contributed by atoms with Crippen molar-refractivity contribution in [3.8, 4) is 5.88 Å². The van der Waals surface area contributed by atoms with Crippen LogP contribution in [-0.2, 0) is 0 Å². The van der Waals surface area contributed by atoms with E-state index in [9.17, 15) is 0 Å². The van der Waals surface area contributed by atoms with Gasteiger partial charge in [-0.2, -0.15) is 4.98 Å². The largest absolute Gasteiger partial charge is 0.476 e. The number of nitrogens with zero attached hydrogens (tertiary/aromatic N) is 2. The molecule has 0 saturated heterocycles. The summed E-state index contributed by atoms with van der Waals surface area (Å²) in [6, 6.07) is 0. The Kier molecular flexibility index (Phi) is 4.45. The Morgan fingerprint density at radius 3 is 2.79 bits per heavy atom. The molecule has 0 unspecified atom stereocenters. The molecule has 1 fully saturated rings. The molecule has 19 heavy (non-hydrogen) atoms. The predicted octanol–water partition coefficient (Wildman–Crippen LogP) is 2.84. The van der Waals surface area contributed by atoms with Crippen LogP contribution in [0.1, 0.15) is 46.0 Å². The van der Waals surface area contributed by atoms with Crippen LogP contribution in [0.25, 0.3) is 0 Å². The van der Waals surface area contributed by atoms with E-state index in [1.54, 1.807) is 0 Å². The van der Waals surface area contributed by atoms with E-state index in [1.165, 1.54) is 32.0 Å². The molecule has 0 aromatic carbocycles. The number of nitrogen functional groups attached to an aromatic ring is 1. The third kappa shape index (κ3) is 3.49. The van der Waals surface area contributed by atoms with Crippen molar-refractivity contribution in [3.63, 3.8) is 0 Å². The highest BCUT2D eigenvalue weighted by molar-refractivity contribution is 5.66. The van der Waals surface area contributed by atoms with Crippen LogP contribution in [0.3, 0.4) is 0 Å². The Bertz CT molecular complexity index is 416. The second-order valence-electron chi connectivity index (χ2n) is 5.66. The van der Waals surface area contributed by atoms with Crippen LogP contribution in [0, 0.1) is 5.41 Å². The number of nitrogens with two attached hydrogens (primary N) is 1. The first-order valence-corrected chi connectivity index (χ1v) is 7.12. The fourth-order valence-corrected chi connectivity index (χ4v) is 2.54. The summed E-state index contributed by atoms with van der Waals surface area (Å²) >= 11 is 0. The van der Waals surface area contributed by atoms with Crippen LogP contribution in [0.4, 0.5) is 11.5 Å². The van der Waals surface area contributed by atoms with Gasteiger partial charge in [-0.15, -0.1) is 0 Å². The molecule has 0 aliphatic heterocycles. The average Bonchev–Trinajstić information content (AvgIpc) is 2.84.